The Balaban J connectivity index is 1.50. The quantitative estimate of drug-likeness (QED) is 0.410. The SMILES string of the molecule is CC(C)(O)C(C#N)NC(=O)[C@@H]1CCCC[C@H]1c1oc(-c2ccc(F)cc2)nc1-c1ccc(N2CCS(=O)(=O)CC2)cc1. The highest BCUT2D eigenvalue weighted by atomic mass is 32.2. The molecule has 2 heterocycles. The normalized spacial score (nSPS) is 21.4. The number of aliphatic hydroxyl groups is 1. The monoisotopic (exact) mass is 594 g/mol. The second-order valence-corrected chi connectivity index (χ2v) is 13.9. The number of nitriles is 1. The summed E-state index contributed by atoms with van der Waals surface area (Å²) in [5, 5.41) is 22.7. The summed E-state index contributed by atoms with van der Waals surface area (Å²) >= 11 is 0. The van der Waals surface area contributed by atoms with Crippen LogP contribution in [0.15, 0.2) is 52.9 Å². The summed E-state index contributed by atoms with van der Waals surface area (Å²) in [5.74, 6) is -0.445. The number of carbonyl (C=O) groups excluding carboxylic acids is 1. The van der Waals surface area contributed by atoms with Gasteiger partial charge in [-0.2, -0.15) is 5.26 Å². The number of rotatable bonds is 7. The van der Waals surface area contributed by atoms with Gasteiger partial charge in [0.1, 0.15) is 23.3 Å². The van der Waals surface area contributed by atoms with E-state index in [2.05, 4.69) is 5.32 Å². The molecule has 0 spiro atoms. The van der Waals surface area contributed by atoms with Crippen LogP contribution in [0.5, 0.6) is 0 Å². The number of oxazole rings is 1. The number of halogens is 1. The van der Waals surface area contributed by atoms with Crippen molar-refractivity contribution in [2.75, 3.05) is 29.5 Å². The third-order valence-corrected chi connectivity index (χ3v) is 9.77. The number of benzene rings is 2. The molecule has 2 aliphatic rings. The van der Waals surface area contributed by atoms with Gasteiger partial charge in [-0.3, -0.25) is 4.79 Å². The van der Waals surface area contributed by atoms with Crippen molar-refractivity contribution in [2.24, 2.45) is 5.92 Å². The first kappa shape index (κ1) is 29.7. The van der Waals surface area contributed by atoms with Crippen LogP contribution in [-0.2, 0) is 14.6 Å². The fourth-order valence-corrected chi connectivity index (χ4v) is 6.88. The maximum atomic E-state index is 13.7. The number of hydrogen-bond acceptors (Lipinski definition) is 8. The number of nitrogens with one attached hydrogen (secondary N) is 1. The molecule has 42 heavy (non-hydrogen) atoms. The summed E-state index contributed by atoms with van der Waals surface area (Å²) in [7, 11) is -3.00. The van der Waals surface area contributed by atoms with Crippen molar-refractivity contribution in [1.82, 2.24) is 10.3 Å². The zero-order valence-corrected chi connectivity index (χ0v) is 24.5. The van der Waals surface area contributed by atoms with E-state index < -0.39 is 27.4 Å². The van der Waals surface area contributed by atoms with Gasteiger partial charge in [-0.1, -0.05) is 25.0 Å². The Morgan fingerprint density at radius 3 is 2.33 bits per heavy atom. The summed E-state index contributed by atoms with van der Waals surface area (Å²) in [5.41, 5.74) is 1.43. The Morgan fingerprint density at radius 2 is 1.71 bits per heavy atom. The highest BCUT2D eigenvalue weighted by Gasteiger charge is 2.39. The van der Waals surface area contributed by atoms with Gasteiger partial charge in [0.15, 0.2) is 9.84 Å². The lowest BCUT2D eigenvalue weighted by Gasteiger charge is -2.32. The fourth-order valence-electron chi connectivity index (χ4n) is 5.68. The Bertz CT molecular complexity index is 1560. The molecule has 1 aromatic heterocycles. The van der Waals surface area contributed by atoms with E-state index in [-0.39, 0.29) is 29.1 Å². The van der Waals surface area contributed by atoms with E-state index in [0.29, 0.717) is 48.8 Å². The molecule has 2 aromatic carbocycles. The van der Waals surface area contributed by atoms with Crippen molar-refractivity contribution in [3.63, 3.8) is 0 Å². The maximum Gasteiger partial charge on any atom is 0.226 e. The van der Waals surface area contributed by atoms with Crippen LogP contribution in [-0.4, -0.2) is 60.7 Å². The molecular formula is C31H35FN4O5S. The van der Waals surface area contributed by atoms with Crippen LogP contribution in [0.4, 0.5) is 10.1 Å². The standard InChI is InChI=1S/C31H35FN4O5S/c1-31(2,38)26(19-33)34-29(37)25-6-4-3-5-24(25)28-27(35-30(41-28)21-7-11-22(32)12-8-21)20-9-13-23(14-10-20)36-15-17-42(39,40)18-16-36/h7-14,24-26,38H,3-6,15-18H2,1-2H3,(H,34,37)/t24-,25-,26?/m1/s1. The molecule has 222 valence electrons. The first-order chi connectivity index (χ1) is 19.9. The average molecular weight is 595 g/mol. The first-order valence-electron chi connectivity index (χ1n) is 14.2. The Hall–Kier alpha value is -3.75. The molecule has 1 saturated carbocycles. The van der Waals surface area contributed by atoms with Gasteiger partial charge in [-0.25, -0.2) is 17.8 Å². The number of carbonyl (C=O) groups is 1. The Morgan fingerprint density at radius 1 is 1.10 bits per heavy atom. The van der Waals surface area contributed by atoms with Crippen molar-refractivity contribution in [2.45, 2.75) is 57.1 Å². The predicted octanol–water partition coefficient (Wildman–Crippen LogP) is 4.44. The molecule has 0 radical (unpaired) electrons. The molecule has 1 unspecified atom stereocenters. The Kier molecular flexibility index (Phi) is 8.39. The van der Waals surface area contributed by atoms with Crippen LogP contribution >= 0.6 is 0 Å². The van der Waals surface area contributed by atoms with Crippen molar-refractivity contribution in [3.05, 3.63) is 60.1 Å². The molecule has 1 aliphatic carbocycles. The van der Waals surface area contributed by atoms with Crippen LogP contribution in [0, 0.1) is 23.1 Å². The van der Waals surface area contributed by atoms with Gasteiger partial charge >= 0.3 is 0 Å². The van der Waals surface area contributed by atoms with Crippen LogP contribution < -0.4 is 10.2 Å². The first-order valence-corrected chi connectivity index (χ1v) is 16.0. The van der Waals surface area contributed by atoms with E-state index in [1.807, 2.05) is 35.2 Å². The van der Waals surface area contributed by atoms with Crippen LogP contribution in [0.1, 0.15) is 51.2 Å². The second-order valence-electron chi connectivity index (χ2n) is 11.6. The van der Waals surface area contributed by atoms with E-state index in [9.17, 15) is 28.0 Å². The third kappa shape index (κ3) is 6.50. The van der Waals surface area contributed by atoms with Crippen molar-refractivity contribution in [1.29, 1.82) is 5.26 Å². The van der Waals surface area contributed by atoms with Crippen LogP contribution in [0.2, 0.25) is 0 Å². The van der Waals surface area contributed by atoms with Gasteiger partial charge in [0.05, 0.1) is 23.2 Å². The molecule has 5 rings (SSSR count). The average Bonchev–Trinajstić information content (AvgIpc) is 3.41. The summed E-state index contributed by atoms with van der Waals surface area (Å²) in [6, 6.07) is 14.4. The smallest absolute Gasteiger partial charge is 0.226 e. The molecule has 1 amide bonds. The van der Waals surface area contributed by atoms with E-state index in [1.54, 1.807) is 12.1 Å². The summed E-state index contributed by atoms with van der Waals surface area (Å²) in [4.78, 5) is 20.4. The molecule has 11 heteroatoms. The lowest BCUT2D eigenvalue weighted by Crippen LogP contribution is -2.51. The largest absolute Gasteiger partial charge is 0.440 e. The molecule has 0 bridgehead atoms. The highest BCUT2D eigenvalue weighted by Crippen LogP contribution is 2.44. The molecule has 1 saturated heterocycles. The number of nitrogens with zero attached hydrogens (tertiary/aromatic N) is 3. The topological polar surface area (TPSA) is 137 Å². The van der Waals surface area contributed by atoms with E-state index in [0.717, 1.165) is 24.1 Å². The van der Waals surface area contributed by atoms with Crippen LogP contribution in [0.3, 0.4) is 0 Å². The maximum absolute atomic E-state index is 13.7. The molecule has 2 fully saturated rings. The molecule has 3 atom stereocenters. The van der Waals surface area contributed by atoms with Gasteiger partial charge in [0.25, 0.3) is 0 Å². The van der Waals surface area contributed by atoms with E-state index in [1.165, 1.54) is 26.0 Å². The van der Waals surface area contributed by atoms with Gasteiger partial charge < -0.3 is 19.7 Å². The summed E-state index contributed by atoms with van der Waals surface area (Å²) in [6.45, 7) is 3.82. The van der Waals surface area contributed by atoms with Gasteiger partial charge in [-0.15, -0.1) is 0 Å². The van der Waals surface area contributed by atoms with Crippen molar-refractivity contribution < 1.29 is 27.1 Å². The van der Waals surface area contributed by atoms with Crippen molar-refractivity contribution in [3.8, 4) is 28.8 Å². The molecule has 2 N–H and O–H groups in total. The van der Waals surface area contributed by atoms with E-state index in [4.69, 9.17) is 9.40 Å². The third-order valence-electron chi connectivity index (χ3n) is 8.16. The minimum atomic E-state index is -3.00. The molecule has 1 aliphatic heterocycles. The number of aromatic nitrogens is 1. The zero-order chi connectivity index (χ0) is 30.1. The van der Waals surface area contributed by atoms with Gasteiger partial charge in [0.2, 0.25) is 11.8 Å². The predicted molar refractivity (Wildman–Crippen MR) is 157 cm³/mol. The fraction of sp³-hybridized carbons (Fsp3) is 0.452. The van der Waals surface area contributed by atoms with Crippen LogP contribution in [0.25, 0.3) is 22.7 Å². The summed E-state index contributed by atoms with van der Waals surface area (Å²) < 4.78 is 43.8. The van der Waals surface area contributed by atoms with Gasteiger partial charge in [0, 0.05) is 41.7 Å². The number of anilines is 1. The van der Waals surface area contributed by atoms with E-state index >= 15 is 0 Å². The van der Waals surface area contributed by atoms with Gasteiger partial charge in [-0.05, 0) is 63.1 Å². The number of amides is 1. The highest BCUT2D eigenvalue weighted by molar-refractivity contribution is 7.91. The molecule has 3 aromatic rings. The molecule has 9 nitrogen and oxygen atoms in total. The number of sulfone groups is 1. The minimum Gasteiger partial charge on any atom is -0.440 e. The lowest BCUT2D eigenvalue weighted by atomic mass is 9.76. The summed E-state index contributed by atoms with van der Waals surface area (Å²) in [6.07, 6.45) is 2.97. The second kappa shape index (κ2) is 11.9. The number of hydrogen-bond donors (Lipinski definition) is 2. The van der Waals surface area contributed by atoms with Crippen molar-refractivity contribution >= 4 is 21.4 Å². The molecular weight excluding hydrogens is 559 g/mol. The lowest BCUT2D eigenvalue weighted by molar-refractivity contribution is -0.128. The minimum absolute atomic E-state index is 0.120. The Labute approximate surface area is 245 Å². The zero-order valence-electron chi connectivity index (χ0n) is 23.7.